The molecule has 1 saturated heterocycles. The molecule has 104 valence electrons. The van der Waals surface area contributed by atoms with E-state index in [1.807, 2.05) is 0 Å². The Bertz CT molecular complexity index is 318. The molecule has 2 rings (SSSR count). The summed E-state index contributed by atoms with van der Waals surface area (Å²) in [6, 6.07) is 0. The molecule has 18 heavy (non-hydrogen) atoms. The largest absolute Gasteiger partial charge is 0.119 e. The Kier molecular flexibility index (Phi) is 4.80. The Hall–Kier alpha value is 0.440. The highest BCUT2D eigenvalue weighted by Crippen LogP contribution is 2.48. The van der Waals surface area contributed by atoms with Gasteiger partial charge in [0.2, 0.25) is 0 Å². The Morgan fingerprint density at radius 3 is 2.22 bits per heavy atom. The Morgan fingerprint density at radius 1 is 0.889 bits per heavy atom. The summed E-state index contributed by atoms with van der Waals surface area (Å²) in [6.45, 7) is 9.85. The zero-order valence-electron chi connectivity index (χ0n) is 12.5. The lowest BCUT2D eigenvalue weighted by Gasteiger charge is -2.39. The summed E-state index contributed by atoms with van der Waals surface area (Å²) in [6.07, 6.45) is 8.22. The Morgan fingerprint density at radius 2 is 1.56 bits per heavy atom. The van der Waals surface area contributed by atoms with Gasteiger partial charge in [0.1, 0.15) is 0 Å². The van der Waals surface area contributed by atoms with E-state index in [1.54, 1.807) is 9.81 Å². The van der Waals surface area contributed by atoms with Crippen molar-refractivity contribution in [2.24, 2.45) is 10.8 Å². The van der Waals surface area contributed by atoms with Crippen molar-refractivity contribution in [2.75, 3.05) is 11.5 Å². The lowest BCUT2D eigenvalue weighted by atomic mass is 9.68. The molecule has 1 aliphatic heterocycles. The third-order valence-electron chi connectivity index (χ3n) is 4.02. The SMILES string of the molecule is CC1(C)CCCC(=C2SCCCS2)CC(C)(C)C1. The van der Waals surface area contributed by atoms with Crippen molar-refractivity contribution in [1.82, 2.24) is 0 Å². The molecule has 0 bridgehead atoms. The first-order valence-electron chi connectivity index (χ1n) is 7.36. The van der Waals surface area contributed by atoms with Gasteiger partial charge >= 0.3 is 0 Å². The van der Waals surface area contributed by atoms with Crippen molar-refractivity contribution in [3.63, 3.8) is 0 Å². The third-order valence-corrected chi connectivity index (χ3v) is 6.82. The molecule has 2 heteroatoms. The molecule has 1 aliphatic carbocycles. The molecule has 0 N–H and O–H groups in total. The fourth-order valence-corrected chi connectivity index (χ4v) is 6.42. The van der Waals surface area contributed by atoms with Gasteiger partial charge in [-0.25, -0.2) is 0 Å². The molecule has 2 fully saturated rings. The van der Waals surface area contributed by atoms with Crippen LogP contribution >= 0.6 is 23.5 Å². The lowest BCUT2D eigenvalue weighted by Crippen LogP contribution is -2.26. The first-order valence-corrected chi connectivity index (χ1v) is 9.33. The summed E-state index contributed by atoms with van der Waals surface area (Å²) in [7, 11) is 0. The van der Waals surface area contributed by atoms with Crippen LogP contribution in [0.25, 0.3) is 0 Å². The highest BCUT2D eigenvalue weighted by molar-refractivity contribution is 8.22. The maximum absolute atomic E-state index is 2.47. The van der Waals surface area contributed by atoms with Crippen molar-refractivity contribution in [2.45, 2.75) is 66.2 Å². The Balaban J connectivity index is 2.14. The van der Waals surface area contributed by atoms with E-state index in [4.69, 9.17) is 0 Å². The van der Waals surface area contributed by atoms with E-state index in [2.05, 4.69) is 51.2 Å². The minimum atomic E-state index is 0.477. The molecule has 0 aromatic rings. The zero-order valence-corrected chi connectivity index (χ0v) is 14.1. The molecule has 0 atom stereocenters. The normalized spacial score (nSPS) is 28.7. The number of allylic oxidation sites excluding steroid dienone is 1. The first-order chi connectivity index (χ1) is 8.38. The van der Waals surface area contributed by atoms with Gasteiger partial charge in [0.05, 0.1) is 0 Å². The predicted molar refractivity (Wildman–Crippen MR) is 87.2 cm³/mol. The van der Waals surface area contributed by atoms with E-state index in [1.165, 1.54) is 50.0 Å². The van der Waals surface area contributed by atoms with Gasteiger partial charge in [0.25, 0.3) is 0 Å². The van der Waals surface area contributed by atoms with Crippen LogP contribution in [0.2, 0.25) is 0 Å². The second-order valence-electron chi connectivity index (χ2n) is 7.48. The smallest absolute Gasteiger partial charge is 0.0393 e. The molecule has 1 heterocycles. The third kappa shape index (κ3) is 4.23. The summed E-state index contributed by atoms with van der Waals surface area (Å²) in [5.41, 5.74) is 2.79. The van der Waals surface area contributed by atoms with Crippen LogP contribution in [0.15, 0.2) is 9.81 Å². The highest BCUT2D eigenvalue weighted by atomic mass is 32.2. The van der Waals surface area contributed by atoms with E-state index < -0.39 is 0 Å². The van der Waals surface area contributed by atoms with Crippen LogP contribution in [0.3, 0.4) is 0 Å². The highest BCUT2D eigenvalue weighted by Gasteiger charge is 2.32. The maximum atomic E-state index is 2.47. The van der Waals surface area contributed by atoms with E-state index >= 15 is 0 Å². The van der Waals surface area contributed by atoms with E-state index in [0.717, 1.165) is 0 Å². The number of hydrogen-bond acceptors (Lipinski definition) is 2. The van der Waals surface area contributed by atoms with Crippen molar-refractivity contribution < 1.29 is 0 Å². The zero-order chi connectivity index (χ0) is 13.2. The summed E-state index contributed by atoms with van der Waals surface area (Å²) in [4.78, 5) is 0. The summed E-state index contributed by atoms with van der Waals surface area (Å²) in [5.74, 6) is 2.69. The fraction of sp³-hybridized carbons (Fsp3) is 0.875. The number of hydrogen-bond donors (Lipinski definition) is 0. The maximum Gasteiger partial charge on any atom is 0.0393 e. The summed E-state index contributed by atoms with van der Waals surface area (Å²) >= 11 is 4.26. The van der Waals surface area contributed by atoms with Gasteiger partial charge in [-0.05, 0) is 66.4 Å². The monoisotopic (exact) mass is 284 g/mol. The van der Waals surface area contributed by atoms with Gasteiger partial charge in [-0.3, -0.25) is 0 Å². The van der Waals surface area contributed by atoms with Gasteiger partial charge in [-0.15, -0.1) is 23.5 Å². The minimum absolute atomic E-state index is 0.477. The number of rotatable bonds is 0. The van der Waals surface area contributed by atoms with Crippen LogP contribution in [0.1, 0.15) is 66.2 Å². The van der Waals surface area contributed by atoms with Gasteiger partial charge in [0.15, 0.2) is 0 Å². The average molecular weight is 285 g/mol. The quantitative estimate of drug-likeness (QED) is 0.528. The Labute approximate surface area is 122 Å². The van der Waals surface area contributed by atoms with Crippen molar-refractivity contribution in [3.8, 4) is 0 Å². The summed E-state index contributed by atoms with van der Waals surface area (Å²) < 4.78 is 1.69. The molecule has 0 spiro atoms. The van der Waals surface area contributed by atoms with Crippen molar-refractivity contribution in [3.05, 3.63) is 9.81 Å². The molecule has 0 aromatic carbocycles. The van der Waals surface area contributed by atoms with Gasteiger partial charge in [-0.1, -0.05) is 27.7 Å². The second kappa shape index (κ2) is 5.83. The van der Waals surface area contributed by atoms with Gasteiger partial charge in [0, 0.05) is 4.24 Å². The van der Waals surface area contributed by atoms with Crippen LogP contribution in [0, 0.1) is 10.8 Å². The molecule has 0 unspecified atom stereocenters. The molecular formula is C16H28S2. The van der Waals surface area contributed by atoms with Crippen LogP contribution < -0.4 is 0 Å². The first kappa shape index (κ1) is 14.8. The molecule has 2 aliphatic rings. The average Bonchev–Trinajstić information content (AvgIpc) is 2.25. The van der Waals surface area contributed by atoms with Crippen LogP contribution in [0.4, 0.5) is 0 Å². The van der Waals surface area contributed by atoms with E-state index in [-0.39, 0.29) is 0 Å². The molecule has 0 radical (unpaired) electrons. The van der Waals surface area contributed by atoms with Gasteiger partial charge in [-0.2, -0.15) is 0 Å². The molecular weight excluding hydrogens is 256 g/mol. The minimum Gasteiger partial charge on any atom is -0.119 e. The van der Waals surface area contributed by atoms with Crippen molar-refractivity contribution >= 4 is 23.5 Å². The fourth-order valence-electron chi connectivity index (χ4n) is 3.70. The number of thioether (sulfide) groups is 2. The summed E-state index contributed by atoms with van der Waals surface area (Å²) in [5, 5.41) is 0. The standard InChI is InChI=1S/C16H28S2/c1-15(2)8-5-7-13(11-16(3,4)12-15)14-17-9-6-10-18-14/h5-12H2,1-4H3. The van der Waals surface area contributed by atoms with Crippen LogP contribution in [-0.2, 0) is 0 Å². The second-order valence-corrected chi connectivity index (χ2v) is 9.95. The van der Waals surface area contributed by atoms with Crippen LogP contribution in [-0.4, -0.2) is 11.5 Å². The topological polar surface area (TPSA) is 0 Å². The van der Waals surface area contributed by atoms with E-state index in [0.29, 0.717) is 10.8 Å². The molecule has 0 nitrogen and oxygen atoms in total. The predicted octanol–water partition coefficient (Wildman–Crippen LogP) is 6.08. The van der Waals surface area contributed by atoms with E-state index in [9.17, 15) is 0 Å². The molecule has 0 aromatic heterocycles. The van der Waals surface area contributed by atoms with Crippen molar-refractivity contribution in [1.29, 1.82) is 0 Å². The van der Waals surface area contributed by atoms with Crippen LogP contribution in [0.5, 0.6) is 0 Å². The molecule has 0 amide bonds. The molecule has 1 saturated carbocycles. The lowest BCUT2D eigenvalue weighted by molar-refractivity contribution is 0.166. The van der Waals surface area contributed by atoms with Gasteiger partial charge < -0.3 is 0 Å².